The fourth-order valence-corrected chi connectivity index (χ4v) is 2.27. The summed E-state index contributed by atoms with van der Waals surface area (Å²) in [4.78, 5) is 23.2. The van der Waals surface area contributed by atoms with Crippen LogP contribution < -0.4 is 0 Å². The van der Waals surface area contributed by atoms with Crippen LogP contribution in [-0.2, 0) is 14.3 Å². The number of rotatable bonds is 8. The SMILES string of the molecule is CCOC(=O)C(CC(C)(C)CI)C(C)C(C)C(=O)O. The van der Waals surface area contributed by atoms with Gasteiger partial charge in [-0.25, -0.2) is 0 Å². The molecule has 0 aromatic rings. The van der Waals surface area contributed by atoms with Crippen LogP contribution in [-0.4, -0.2) is 28.1 Å². The fraction of sp³-hybridized carbons (Fsp3) is 0.857. The molecule has 0 spiro atoms. The lowest BCUT2D eigenvalue weighted by Gasteiger charge is -2.31. The number of esters is 1. The van der Waals surface area contributed by atoms with Gasteiger partial charge in [0.1, 0.15) is 0 Å². The first kappa shape index (κ1) is 18.7. The Balaban J connectivity index is 5.05. The lowest BCUT2D eigenvalue weighted by atomic mass is 9.75. The number of alkyl halides is 1. The number of carbonyl (C=O) groups is 2. The van der Waals surface area contributed by atoms with E-state index >= 15 is 0 Å². The van der Waals surface area contributed by atoms with Crippen molar-refractivity contribution in [2.24, 2.45) is 23.2 Å². The quantitative estimate of drug-likeness (QED) is 0.396. The van der Waals surface area contributed by atoms with Crippen molar-refractivity contribution >= 4 is 34.5 Å². The second-order valence-electron chi connectivity index (χ2n) is 5.85. The van der Waals surface area contributed by atoms with Gasteiger partial charge >= 0.3 is 11.9 Å². The highest BCUT2D eigenvalue weighted by Crippen LogP contribution is 2.35. The third kappa shape index (κ3) is 6.10. The van der Waals surface area contributed by atoms with Crippen LogP contribution in [0.4, 0.5) is 0 Å². The number of carbonyl (C=O) groups excluding carboxylic acids is 1. The highest BCUT2D eigenvalue weighted by atomic mass is 127. The average molecular weight is 384 g/mol. The van der Waals surface area contributed by atoms with Gasteiger partial charge in [0.05, 0.1) is 18.4 Å². The summed E-state index contributed by atoms with van der Waals surface area (Å²) in [7, 11) is 0. The maximum absolute atomic E-state index is 12.1. The summed E-state index contributed by atoms with van der Waals surface area (Å²) in [5.74, 6) is -2.30. The molecule has 0 aromatic heterocycles. The summed E-state index contributed by atoms with van der Waals surface area (Å²) in [6, 6.07) is 0. The predicted molar refractivity (Wildman–Crippen MR) is 83.4 cm³/mol. The smallest absolute Gasteiger partial charge is 0.309 e. The van der Waals surface area contributed by atoms with E-state index in [4.69, 9.17) is 9.84 Å². The van der Waals surface area contributed by atoms with Crippen LogP contribution in [0.15, 0.2) is 0 Å². The van der Waals surface area contributed by atoms with Gasteiger partial charge in [-0.2, -0.15) is 0 Å². The molecule has 4 nitrogen and oxygen atoms in total. The number of hydrogen-bond donors (Lipinski definition) is 1. The minimum absolute atomic E-state index is 0.00945. The van der Waals surface area contributed by atoms with Crippen molar-refractivity contribution < 1.29 is 19.4 Å². The van der Waals surface area contributed by atoms with E-state index in [1.54, 1.807) is 13.8 Å². The lowest BCUT2D eigenvalue weighted by molar-refractivity contribution is -0.154. The zero-order valence-corrected chi connectivity index (χ0v) is 14.6. The maximum atomic E-state index is 12.1. The van der Waals surface area contributed by atoms with E-state index in [0.717, 1.165) is 4.43 Å². The Morgan fingerprint density at radius 1 is 1.32 bits per heavy atom. The second-order valence-corrected chi connectivity index (χ2v) is 6.61. The highest BCUT2D eigenvalue weighted by molar-refractivity contribution is 14.1. The molecule has 0 fully saturated rings. The van der Waals surface area contributed by atoms with Gasteiger partial charge in [-0.1, -0.05) is 50.3 Å². The standard InChI is InChI=1S/C14H25IO4/c1-6-19-13(18)11(7-14(4,5)8-15)9(2)10(3)12(16)17/h9-11H,6-8H2,1-5H3,(H,16,17). The fourth-order valence-electron chi connectivity index (χ4n) is 1.96. The molecule has 0 aliphatic rings. The van der Waals surface area contributed by atoms with Gasteiger partial charge in [0.25, 0.3) is 0 Å². The third-order valence-corrected chi connectivity index (χ3v) is 5.60. The molecule has 0 heterocycles. The molecule has 0 saturated heterocycles. The Hall–Kier alpha value is -0.330. The number of aliphatic carboxylic acids is 1. The van der Waals surface area contributed by atoms with Gasteiger partial charge in [-0.3, -0.25) is 9.59 Å². The van der Waals surface area contributed by atoms with Gasteiger partial charge in [0.2, 0.25) is 0 Å². The molecule has 0 aliphatic heterocycles. The van der Waals surface area contributed by atoms with Crippen molar-refractivity contribution in [1.82, 2.24) is 0 Å². The van der Waals surface area contributed by atoms with Crippen molar-refractivity contribution in [2.75, 3.05) is 11.0 Å². The van der Waals surface area contributed by atoms with Crippen LogP contribution in [0.5, 0.6) is 0 Å². The summed E-state index contributed by atoms with van der Waals surface area (Å²) < 4.78 is 6.02. The maximum Gasteiger partial charge on any atom is 0.309 e. The van der Waals surface area contributed by atoms with Gasteiger partial charge < -0.3 is 9.84 Å². The van der Waals surface area contributed by atoms with Crippen molar-refractivity contribution in [3.05, 3.63) is 0 Å². The van der Waals surface area contributed by atoms with E-state index in [0.29, 0.717) is 13.0 Å². The monoisotopic (exact) mass is 384 g/mol. The molecule has 3 atom stereocenters. The molecule has 112 valence electrons. The Morgan fingerprint density at radius 3 is 2.21 bits per heavy atom. The molecule has 0 saturated carbocycles. The normalized spacial score (nSPS) is 16.5. The molecule has 0 bridgehead atoms. The number of carboxylic acids is 1. The van der Waals surface area contributed by atoms with E-state index < -0.39 is 11.9 Å². The molecule has 5 heteroatoms. The zero-order chi connectivity index (χ0) is 15.2. The minimum Gasteiger partial charge on any atom is -0.481 e. The first-order valence-corrected chi connectivity index (χ1v) is 8.14. The largest absolute Gasteiger partial charge is 0.481 e. The Bertz CT molecular complexity index is 315. The second kappa shape index (κ2) is 8.07. The van der Waals surface area contributed by atoms with Gasteiger partial charge in [-0.15, -0.1) is 0 Å². The molecular weight excluding hydrogens is 359 g/mol. The van der Waals surface area contributed by atoms with Crippen LogP contribution in [0.3, 0.4) is 0 Å². The predicted octanol–water partition coefficient (Wildman–Crippen LogP) is 3.37. The molecule has 1 N–H and O–H groups in total. The zero-order valence-electron chi connectivity index (χ0n) is 12.4. The van der Waals surface area contributed by atoms with Gasteiger partial charge in [-0.05, 0) is 24.7 Å². The lowest BCUT2D eigenvalue weighted by Crippen LogP contribution is -2.35. The molecule has 0 rings (SSSR count). The molecule has 0 radical (unpaired) electrons. The first-order valence-electron chi connectivity index (χ1n) is 6.61. The van der Waals surface area contributed by atoms with Crippen molar-refractivity contribution in [3.8, 4) is 0 Å². The van der Waals surface area contributed by atoms with E-state index in [2.05, 4.69) is 36.4 Å². The van der Waals surface area contributed by atoms with Crippen molar-refractivity contribution in [3.63, 3.8) is 0 Å². The number of hydrogen-bond acceptors (Lipinski definition) is 3. The Kier molecular flexibility index (Phi) is 7.93. The van der Waals surface area contributed by atoms with Gasteiger partial charge in [0, 0.05) is 4.43 Å². The summed E-state index contributed by atoms with van der Waals surface area (Å²) in [5.41, 5.74) is -0.00945. The number of ether oxygens (including phenoxy) is 1. The summed E-state index contributed by atoms with van der Waals surface area (Å²) >= 11 is 2.29. The van der Waals surface area contributed by atoms with Crippen LogP contribution in [0.1, 0.15) is 41.0 Å². The van der Waals surface area contributed by atoms with E-state index in [1.165, 1.54) is 0 Å². The molecule has 0 aliphatic carbocycles. The molecule has 0 amide bonds. The van der Waals surface area contributed by atoms with Gasteiger partial charge in [0.15, 0.2) is 0 Å². The van der Waals surface area contributed by atoms with Crippen molar-refractivity contribution in [1.29, 1.82) is 0 Å². The van der Waals surface area contributed by atoms with E-state index in [1.807, 2.05) is 6.92 Å². The molecular formula is C14H25IO4. The average Bonchev–Trinajstić information content (AvgIpc) is 2.34. The highest BCUT2D eigenvalue weighted by Gasteiger charge is 2.36. The third-order valence-electron chi connectivity index (χ3n) is 3.54. The Morgan fingerprint density at radius 2 is 1.84 bits per heavy atom. The summed E-state index contributed by atoms with van der Waals surface area (Å²) in [6.07, 6.45) is 0.646. The van der Waals surface area contributed by atoms with Crippen LogP contribution in [0.25, 0.3) is 0 Å². The number of carboxylic acid groups (broad SMARTS) is 1. The molecule has 19 heavy (non-hydrogen) atoms. The Labute approximate surface area is 129 Å². The first-order chi connectivity index (χ1) is 8.66. The summed E-state index contributed by atoms with van der Waals surface area (Å²) in [6.45, 7) is 9.74. The van der Waals surface area contributed by atoms with Crippen molar-refractivity contribution in [2.45, 2.75) is 41.0 Å². The van der Waals surface area contributed by atoms with E-state index in [9.17, 15) is 9.59 Å². The van der Waals surface area contributed by atoms with Crippen LogP contribution >= 0.6 is 22.6 Å². The van der Waals surface area contributed by atoms with Crippen LogP contribution in [0, 0.1) is 23.2 Å². The molecule has 3 unspecified atom stereocenters. The summed E-state index contributed by atoms with van der Waals surface area (Å²) in [5, 5.41) is 9.11. The van der Waals surface area contributed by atoms with E-state index in [-0.39, 0.29) is 23.2 Å². The molecule has 0 aromatic carbocycles. The van der Waals surface area contributed by atoms with Crippen LogP contribution in [0.2, 0.25) is 0 Å². The number of halogens is 1. The minimum atomic E-state index is -0.867. The topological polar surface area (TPSA) is 63.6 Å².